The van der Waals surface area contributed by atoms with Gasteiger partial charge in [0.2, 0.25) is 0 Å². The fraction of sp³-hybridized carbons (Fsp3) is 0.103. The van der Waals surface area contributed by atoms with E-state index in [1.807, 2.05) is 61.5 Å². The number of hydrogen-bond donors (Lipinski definition) is 2. The lowest BCUT2D eigenvalue weighted by molar-refractivity contribution is 1.00. The molecule has 0 saturated carbocycles. The van der Waals surface area contributed by atoms with E-state index in [1.165, 1.54) is 5.56 Å². The van der Waals surface area contributed by atoms with Gasteiger partial charge in [-0.15, -0.1) is 10.2 Å². The molecule has 0 saturated heterocycles. The lowest BCUT2D eigenvalue weighted by Gasteiger charge is -2.07. The highest BCUT2D eigenvalue weighted by Gasteiger charge is 2.03. The van der Waals surface area contributed by atoms with Gasteiger partial charge in [-0.05, 0) is 60.0 Å². The van der Waals surface area contributed by atoms with Crippen molar-refractivity contribution in [1.82, 2.24) is 20.4 Å². The van der Waals surface area contributed by atoms with Crippen LogP contribution >= 0.6 is 31.9 Å². The van der Waals surface area contributed by atoms with Crippen molar-refractivity contribution in [1.29, 1.82) is 0 Å². The van der Waals surface area contributed by atoms with Crippen LogP contribution in [0.3, 0.4) is 0 Å². The highest BCUT2D eigenvalue weighted by Crippen LogP contribution is 2.24. The van der Waals surface area contributed by atoms with Crippen molar-refractivity contribution in [2.45, 2.75) is 13.5 Å². The highest BCUT2D eigenvalue weighted by atomic mass is 79.9. The lowest BCUT2D eigenvalue weighted by Crippen LogP contribution is -2.02. The van der Waals surface area contributed by atoms with E-state index in [0.717, 1.165) is 55.9 Å². The molecule has 0 spiro atoms. The molecule has 2 aromatic heterocycles. The molecule has 2 N–H and O–H groups in total. The summed E-state index contributed by atoms with van der Waals surface area (Å²) in [5.41, 5.74) is 5.56. The smallest absolute Gasteiger partial charge is 0.149 e. The average molecular weight is 618 g/mol. The minimum Gasteiger partial charge on any atom is -0.369 e. The molecule has 0 bridgehead atoms. The maximum absolute atomic E-state index is 4.13. The zero-order chi connectivity index (χ0) is 25.9. The molecular formula is C29H26Br2N6. The standard InChI is InChI=1S/C17H14BrN3.C12H12BrN3/c18-16-8-4-7-14(9-16)15-10-17(21-20-12-15)19-11-13-5-2-1-3-6-13;1-2-14-12-7-10(8-15-16-12)9-4-3-5-11(13)6-9/h1-10,12H,11H2,(H,19,21);3-8H,2H2,1H3,(H,14,16). The predicted octanol–water partition coefficient (Wildman–Crippen LogP) is 7.86. The number of anilines is 2. The Bertz CT molecular complexity index is 1430. The van der Waals surface area contributed by atoms with Crippen molar-refractivity contribution < 1.29 is 0 Å². The van der Waals surface area contributed by atoms with E-state index >= 15 is 0 Å². The molecule has 3 aromatic carbocycles. The summed E-state index contributed by atoms with van der Waals surface area (Å²) in [5.74, 6) is 1.58. The molecule has 37 heavy (non-hydrogen) atoms. The van der Waals surface area contributed by atoms with Gasteiger partial charge in [0.15, 0.2) is 0 Å². The summed E-state index contributed by atoms with van der Waals surface area (Å²) in [6.07, 6.45) is 3.54. The molecule has 0 amide bonds. The number of benzene rings is 3. The van der Waals surface area contributed by atoms with E-state index in [0.29, 0.717) is 0 Å². The van der Waals surface area contributed by atoms with Crippen molar-refractivity contribution in [2.24, 2.45) is 0 Å². The second kappa shape index (κ2) is 13.6. The summed E-state index contributed by atoms with van der Waals surface area (Å²) in [4.78, 5) is 0. The van der Waals surface area contributed by atoms with Crippen molar-refractivity contribution in [3.05, 3.63) is 118 Å². The van der Waals surface area contributed by atoms with Crippen LogP contribution in [0.4, 0.5) is 11.6 Å². The Morgan fingerprint density at radius 2 is 1.14 bits per heavy atom. The van der Waals surface area contributed by atoms with E-state index in [2.05, 4.69) is 99.3 Å². The van der Waals surface area contributed by atoms with Crippen molar-refractivity contribution in [3.8, 4) is 22.3 Å². The fourth-order valence-corrected chi connectivity index (χ4v) is 4.33. The van der Waals surface area contributed by atoms with Crippen LogP contribution in [0.2, 0.25) is 0 Å². The van der Waals surface area contributed by atoms with Gasteiger partial charge in [-0.2, -0.15) is 10.2 Å². The van der Waals surface area contributed by atoms with Gasteiger partial charge in [-0.1, -0.05) is 86.5 Å². The first kappa shape index (κ1) is 26.4. The Kier molecular flexibility index (Phi) is 9.74. The summed E-state index contributed by atoms with van der Waals surface area (Å²) in [6.45, 7) is 3.61. The minimum absolute atomic E-state index is 0.734. The van der Waals surface area contributed by atoms with Crippen LogP contribution in [-0.4, -0.2) is 26.9 Å². The van der Waals surface area contributed by atoms with Crippen LogP contribution in [0.1, 0.15) is 12.5 Å². The third kappa shape index (κ3) is 8.20. The Balaban J connectivity index is 0.000000180. The Morgan fingerprint density at radius 1 is 0.595 bits per heavy atom. The van der Waals surface area contributed by atoms with Gasteiger partial charge in [0.05, 0.1) is 12.4 Å². The van der Waals surface area contributed by atoms with Crippen LogP contribution in [-0.2, 0) is 6.54 Å². The van der Waals surface area contributed by atoms with Gasteiger partial charge in [0.1, 0.15) is 11.6 Å². The Hall–Kier alpha value is -3.62. The first-order valence-electron chi connectivity index (χ1n) is 11.8. The summed E-state index contributed by atoms with van der Waals surface area (Å²) in [7, 11) is 0. The average Bonchev–Trinajstić information content (AvgIpc) is 2.93. The Morgan fingerprint density at radius 3 is 1.65 bits per heavy atom. The molecule has 186 valence electrons. The van der Waals surface area contributed by atoms with E-state index in [-0.39, 0.29) is 0 Å². The number of halogens is 2. The number of aromatic nitrogens is 4. The van der Waals surface area contributed by atoms with Gasteiger partial charge >= 0.3 is 0 Å². The normalized spacial score (nSPS) is 10.2. The predicted molar refractivity (Wildman–Crippen MR) is 158 cm³/mol. The lowest BCUT2D eigenvalue weighted by atomic mass is 10.1. The molecule has 5 aromatic rings. The molecular weight excluding hydrogens is 592 g/mol. The zero-order valence-electron chi connectivity index (χ0n) is 20.3. The molecule has 0 unspecified atom stereocenters. The third-order valence-corrected chi connectivity index (χ3v) is 6.29. The minimum atomic E-state index is 0.734. The molecule has 0 fully saturated rings. The highest BCUT2D eigenvalue weighted by molar-refractivity contribution is 9.10. The van der Waals surface area contributed by atoms with Gasteiger partial charge in [-0.25, -0.2) is 0 Å². The monoisotopic (exact) mass is 616 g/mol. The molecule has 2 heterocycles. The fourth-order valence-electron chi connectivity index (χ4n) is 3.53. The maximum atomic E-state index is 4.13. The van der Waals surface area contributed by atoms with Crippen LogP contribution in [0.5, 0.6) is 0 Å². The molecule has 8 heteroatoms. The summed E-state index contributed by atoms with van der Waals surface area (Å²) >= 11 is 6.94. The van der Waals surface area contributed by atoms with Crippen LogP contribution < -0.4 is 10.6 Å². The second-order valence-corrected chi connectivity index (χ2v) is 9.88. The third-order valence-electron chi connectivity index (χ3n) is 5.30. The molecule has 0 radical (unpaired) electrons. The SMILES string of the molecule is Brc1cccc(-c2cnnc(NCc3ccccc3)c2)c1.CCNc1cc(-c2cccc(Br)c2)cnn1. The number of nitrogens with zero attached hydrogens (tertiary/aromatic N) is 4. The maximum Gasteiger partial charge on any atom is 0.149 e. The number of hydrogen-bond acceptors (Lipinski definition) is 6. The first-order chi connectivity index (χ1) is 18.1. The van der Waals surface area contributed by atoms with Gasteiger partial charge in [-0.3, -0.25) is 0 Å². The van der Waals surface area contributed by atoms with E-state index in [9.17, 15) is 0 Å². The molecule has 0 aliphatic heterocycles. The van der Waals surface area contributed by atoms with Crippen LogP contribution in [0.25, 0.3) is 22.3 Å². The van der Waals surface area contributed by atoms with Crippen molar-refractivity contribution in [2.75, 3.05) is 17.2 Å². The first-order valence-corrected chi connectivity index (χ1v) is 13.4. The number of nitrogens with one attached hydrogen (secondary N) is 2. The molecule has 5 rings (SSSR count). The van der Waals surface area contributed by atoms with Gasteiger partial charge in [0, 0.05) is 33.2 Å². The van der Waals surface area contributed by atoms with Crippen LogP contribution in [0.15, 0.2) is 112 Å². The van der Waals surface area contributed by atoms with Crippen LogP contribution in [0, 0.1) is 0 Å². The van der Waals surface area contributed by atoms with Crippen molar-refractivity contribution in [3.63, 3.8) is 0 Å². The summed E-state index contributed by atoms with van der Waals surface area (Å²) in [5, 5.41) is 22.6. The largest absolute Gasteiger partial charge is 0.369 e. The van der Waals surface area contributed by atoms with Crippen molar-refractivity contribution >= 4 is 43.5 Å². The summed E-state index contributed by atoms with van der Waals surface area (Å²) in [6, 6.07) is 30.5. The molecule has 0 atom stereocenters. The van der Waals surface area contributed by atoms with Gasteiger partial charge in [0.25, 0.3) is 0 Å². The molecule has 0 aliphatic carbocycles. The van der Waals surface area contributed by atoms with E-state index in [1.54, 1.807) is 12.4 Å². The number of rotatable bonds is 7. The van der Waals surface area contributed by atoms with E-state index in [4.69, 9.17) is 0 Å². The molecule has 6 nitrogen and oxygen atoms in total. The quantitative estimate of drug-likeness (QED) is 0.194. The van der Waals surface area contributed by atoms with Gasteiger partial charge < -0.3 is 10.6 Å². The summed E-state index contributed by atoms with van der Waals surface area (Å²) < 4.78 is 2.11. The molecule has 0 aliphatic rings. The topological polar surface area (TPSA) is 75.6 Å². The van der Waals surface area contributed by atoms with E-state index < -0.39 is 0 Å². The zero-order valence-corrected chi connectivity index (χ0v) is 23.4. The second-order valence-electron chi connectivity index (χ2n) is 8.05. The Labute approximate surface area is 233 Å².